The largest absolute Gasteiger partial charge is 0.507 e. The Labute approximate surface area is 398 Å². The second-order valence-corrected chi connectivity index (χ2v) is 21.8. The number of nitrogens with zero attached hydrogens (tertiary/aromatic N) is 3. The standard InChI is InChI=1S/C63H63N3O/c1-60(2,3)47-30-31-55(51(38-47)42-24-17-13-18-25-42)66-56-29-21-28-50(57(56)65-59(66)52-39-48(61(4,5)6)40-53(58(52)67)62(7,8)9)44-34-45(36-49(35-44)63(10,11)46-26-19-14-20-27-46)54-37-43(32-33-64-54)41-22-15-12-16-23-41/h12-40,67H,1-11H3. The molecule has 0 aliphatic carbocycles. The maximum Gasteiger partial charge on any atom is 0.149 e. The predicted octanol–water partition coefficient (Wildman–Crippen LogP) is 16.7. The molecule has 2 aromatic heterocycles. The molecule has 0 amide bonds. The molecule has 0 saturated carbocycles. The lowest BCUT2D eigenvalue weighted by Crippen LogP contribution is -2.19. The number of imidazole rings is 1. The van der Waals surface area contributed by atoms with E-state index >= 15 is 0 Å². The minimum Gasteiger partial charge on any atom is -0.507 e. The van der Waals surface area contributed by atoms with Gasteiger partial charge in [-0.15, -0.1) is 0 Å². The number of fused-ring (bicyclic) bond motifs is 1. The van der Waals surface area contributed by atoms with E-state index in [0.717, 1.165) is 72.5 Å². The SMILES string of the molecule is CC(C)(C)c1ccc(-n2c(-c3cc(C(C)(C)C)cc(C(C)(C)C)c3O)nc3c(-c4cc(-c5cc(-c6ccccc6)ccn5)cc(C(C)(C)c5ccccc5)c4)cccc32)c(-c2ccccc2)c1. The van der Waals surface area contributed by atoms with Crippen LogP contribution in [0.3, 0.4) is 0 Å². The number of aromatic nitrogens is 3. The number of para-hydroxylation sites is 1. The van der Waals surface area contributed by atoms with Crippen LogP contribution in [0.1, 0.15) is 104 Å². The van der Waals surface area contributed by atoms with Gasteiger partial charge in [0, 0.05) is 33.9 Å². The smallest absolute Gasteiger partial charge is 0.149 e. The first-order valence-electron chi connectivity index (χ1n) is 23.6. The van der Waals surface area contributed by atoms with Gasteiger partial charge in [0.1, 0.15) is 11.6 Å². The van der Waals surface area contributed by atoms with Crippen molar-refractivity contribution >= 4 is 11.0 Å². The first-order valence-corrected chi connectivity index (χ1v) is 23.6. The van der Waals surface area contributed by atoms with E-state index in [9.17, 15) is 5.11 Å². The van der Waals surface area contributed by atoms with Crippen LogP contribution in [0.5, 0.6) is 5.75 Å². The second kappa shape index (κ2) is 17.0. The highest BCUT2D eigenvalue weighted by Crippen LogP contribution is 2.46. The van der Waals surface area contributed by atoms with Crippen LogP contribution in [0.4, 0.5) is 0 Å². The molecule has 4 nitrogen and oxygen atoms in total. The quantitative estimate of drug-likeness (QED) is 0.165. The normalized spacial score (nSPS) is 12.5. The molecule has 0 spiro atoms. The average Bonchev–Trinajstić information content (AvgIpc) is 3.70. The van der Waals surface area contributed by atoms with Gasteiger partial charge in [0.2, 0.25) is 0 Å². The number of hydrogen-bond donors (Lipinski definition) is 1. The maximum absolute atomic E-state index is 12.6. The zero-order chi connectivity index (χ0) is 47.5. The first-order chi connectivity index (χ1) is 31.8. The highest BCUT2D eigenvalue weighted by molar-refractivity contribution is 5.98. The van der Waals surface area contributed by atoms with Crippen molar-refractivity contribution in [3.05, 3.63) is 204 Å². The van der Waals surface area contributed by atoms with E-state index in [0.29, 0.717) is 11.4 Å². The lowest BCUT2D eigenvalue weighted by molar-refractivity contribution is 0.446. The van der Waals surface area contributed by atoms with Crippen LogP contribution >= 0.6 is 0 Å². The summed E-state index contributed by atoms with van der Waals surface area (Å²) in [4.78, 5) is 10.7. The number of phenols is 1. The van der Waals surface area contributed by atoms with Crippen molar-refractivity contribution in [2.45, 2.75) is 97.8 Å². The number of benzene rings is 7. The van der Waals surface area contributed by atoms with Gasteiger partial charge in [-0.25, -0.2) is 4.98 Å². The van der Waals surface area contributed by atoms with Crippen molar-refractivity contribution in [2.24, 2.45) is 0 Å². The van der Waals surface area contributed by atoms with Crippen molar-refractivity contribution in [1.82, 2.24) is 14.5 Å². The molecule has 0 saturated heterocycles. The van der Waals surface area contributed by atoms with Gasteiger partial charge in [-0.1, -0.05) is 197 Å². The van der Waals surface area contributed by atoms with E-state index in [2.05, 4.69) is 251 Å². The zero-order valence-corrected chi connectivity index (χ0v) is 41.0. The fourth-order valence-corrected chi connectivity index (χ4v) is 9.32. The van der Waals surface area contributed by atoms with Crippen molar-refractivity contribution < 1.29 is 5.11 Å². The molecule has 67 heavy (non-hydrogen) atoms. The zero-order valence-electron chi connectivity index (χ0n) is 41.0. The number of hydrogen-bond acceptors (Lipinski definition) is 3. The molecular formula is C63H63N3O. The van der Waals surface area contributed by atoms with Crippen LogP contribution in [0, 0.1) is 0 Å². The predicted molar refractivity (Wildman–Crippen MR) is 282 cm³/mol. The van der Waals surface area contributed by atoms with Crippen molar-refractivity contribution in [1.29, 1.82) is 0 Å². The number of aromatic hydroxyl groups is 1. The molecule has 0 aliphatic heterocycles. The molecule has 0 radical (unpaired) electrons. The summed E-state index contributed by atoms with van der Waals surface area (Å²) in [5.41, 5.74) is 16.7. The van der Waals surface area contributed by atoms with E-state index in [-0.39, 0.29) is 27.4 Å². The Morgan fingerprint density at radius 3 is 1.67 bits per heavy atom. The third kappa shape index (κ3) is 8.74. The number of pyridine rings is 1. The Balaban J connectivity index is 1.38. The van der Waals surface area contributed by atoms with E-state index in [4.69, 9.17) is 9.97 Å². The minimum absolute atomic E-state index is 0.0816. The number of phenolic OH excluding ortho intramolecular Hbond substituents is 1. The molecule has 9 rings (SSSR count). The Morgan fingerprint density at radius 2 is 1.03 bits per heavy atom. The summed E-state index contributed by atoms with van der Waals surface area (Å²) in [6, 6.07) is 60.9. The summed E-state index contributed by atoms with van der Waals surface area (Å²) < 4.78 is 2.30. The van der Waals surface area contributed by atoms with Gasteiger partial charge in [0.05, 0.1) is 28.0 Å². The Bertz CT molecular complexity index is 3250. The van der Waals surface area contributed by atoms with E-state index in [1.165, 1.54) is 16.7 Å². The molecule has 0 unspecified atom stereocenters. The summed E-state index contributed by atoms with van der Waals surface area (Å²) in [6.07, 6.45) is 1.92. The summed E-state index contributed by atoms with van der Waals surface area (Å²) in [5.74, 6) is 0.944. The Hall–Kier alpha value is -7.04. The van der Waals surface area contributed by atoms with Gasteiger partial charge in [-0.3, -0.25) is 9.55 Å². The lowest BCUT2D eigenvalue weighted by Gasteiger charge is -2.28. The molecule has 0 fully saturated rings. The highest BCUT2D eigenvalue weighted by Gasteiger charge is 2.31. The summed E-state index contributed by atoms with van der Waals surface area (Å²) in [5, 5.41) is 12.6. The van der Waals surface area contributed by atoms with Gasteiger partial charge < -0.3 is 5.11 Å². The molecule has 0 aliphatic rings. The van der Waals surface area contributed by atoms with Crippen LogP contribution < -0.4 is 0 Å². The molecule has 1 N–H and O–H groups in total. The second-order valence-electron chi connectivity index (χ2n) is 21.8. The monoisotopic (exact) mass is 877 g/mol. The van der Waals surface area contributed by atoms with E-state index in [1.807, 2.05) is 6.20 Å². The molecule has 7 aromatic carbocycles. The lowest BCUT2D eigenvalue weighted by atomic mass is 9.76. The first kappa shape index (κ1) is 45.1. The van der Waals surface area contributed by atoms with E-state index in [1.54, 1.807) is 0 Å². The molecule has 9 aromatic rings. The van der Waals surface area contributed by atoms with Crippen molar-refractivity contribution in [3.63, 3.8) is 0 Å². The summed E-state index contributed by atoms with van der Waals surface area (Å²) in [7, 11) is 0. The maximum atomic E-state index is 12.6. The highest BCUT2D eigenvalue weighted by atomic mass is 16.3. The third-order valence-electron chi connectivity index (χ3n) is 13.5. The minimum atomic E-state index is -0.344. The molecule has 4 heteroatoms. The molecule has 0 bridgehead atoms. The van der Waals surface area contributed by atoms with Crippen LogP contribution in [0.25, 0.3) is 72.7 Å². The average molecular weight is 878 g/mol. The van der Waals surface area contributed by atoms with Crippen LogP contribution in [-0.4, -0.2) is 19.6 Å². The van der Waals surface area contributed by atoms with Gasteiger partial charge in [0.15, 0.2) is 0 Å². The topological polar surface area (TPSA) is 50.9 Å². The van der Waals surface area contributed by atoms with Crippen LogP contribution in [0.2, 0.25) is 0 Å². The van der Waals surface area contributed by atoms with Crippen LogP contribution in [0.15, 0.2) is 176 Å². The fraction of sp³-hybridized carbons (Fsp3) is 0.238. The summed E-state index contributed by atoms with van der Waals surface area (Å²) >= 11 is 0. The fourth-order valence-electron chi connectivity index (χ4n) is 9.32. The van der Waals surface area contributed by atoms with Gasteiger partial charge in [-0.05, 0) is 109 Å². The van der Waals surface area contributed by atoms with E-state index < -0.39 is 0 Å². The Morgan fingerprint density at radius 1 is 0.418 bits per heavy atom. The third-order valence-corrected chi connectivity index (χ3v) is 13.5. The van der Waals surface area contributed by atoms with Crippen molar-refractivity contribution in [3.8, 4) is 67.5 Å². The van der Waals surface area contributed by atoms with Gasteiger partial charge in [-0.2, -0.15) is 0 Å². The van der Waals surface area contributed by atoms with Gasteiger partial charge in [0.25, 0.3) is 0 Å². The molecule has 336 valence electrons. The Kier molecular flexibility index (Phi) is 11.4. The number of rotatable bonds is 8. The molecule has 2 heterocycles. The molecule has 0 atom stereocenters. The van der Waals surface area contributed by atoms with Crippen LogP contribution in [-0.2, 0) is 21.7 Å². The van der Waals surface area contributed by atoms with Gasteiger partial charge >= 0.3 is 0 Å². The van der Waals surface area contributed by atoms with Crippen molar-refractivity contribution in [2.75, 3.05) is 0 Å². The molecular weight excluding hydrogens is 815 g/mol. The summed E-state index contributed by atoms with van der Waals surface area (Å²) in [6.45, 7) is 24.6.